The van der Waals surface area contributed by atoms with Gasteiger partial charge >= 0.3 is 0 Å². The molecule has 1 aromatic heterocycles. The summed E-state index contributed by atoms with van der Waals surface area (Å²) < 4.78 is 17.2. The molecule has 2 rings (SSSR count). The van der Waals surface area contributed by atoms with Crippen molar-refractivity contribution < 1.29 is 9.18 Å². The van der Waals surface area contributed by atoms with Crippen molar-refractivity contribution in [3.8, 4) is 0 Å². The molecule has 1 aromatic carbocycles. The Bertz CT molecular complexity index is 513. The number of anilines is 1. The quantitative estimate of drug-likeness (QED) is 0.871. The van der Waals surface area contributed by atoms with Gasteiger partial charge in [0, 0.05) is 11.5 Å². The highest BCUT2D eigenvalue weighted by molar-refractivity contribution is 7.10. The van der Waals surface area contributed by atoms with Gasteiger partial charge in [-0.15, -0.1) is 5.10 Å². The van der Waals surface area contributed by atoms with Crippen LogP contribution in [0, 0.1) is 12.7 Å². The highest BCUT2D eigenvalue weighted by Gasteiger charge is 2.13. The smallest absolute Gasteiger partial charge is 0.259 e. The van der Waals surface area contributed by atoms with Crippen LogP contribution in [0.5, 0.6) is 0 Å². The van der Waals surface area contributed by atoms with Crippen molar-refractivity contribution in [1.29, 1.82) is 0 Å². The number of benzene rings is 1. The number of aromatic nitrogens is 2. The van der Waals surface area contributed by atoms with Gasteiger partial charge < -0.3 is 5.32 Å². The zero-order valence-electron chi connectivity index (χ0n) is 8.40. The summed E-state index contributed by atoms with van der Waals surface area (Å²) >= 11 is 1.04. The van der Waals surface area contributed by atoms with Crippen molar-refractivity contribution in [2.24, 2.45) is 0 Å². The Morgan fingerprint density at radius 3 is 3.00 bits per heavy atom. The normalized spacial score (nSPS) is 10.1. The summed E-state index contributed by atoms with van der Waals surface area (Å²) in [5, 5.41) is 6.58. The van der Waals surface area contributed by atoms with E-state index in [1.165, 1.54) is 12.3 Å². The summed E-state index contributed by atoms with van der Waals surface area (Å²) in [5.74, 6) is -0.996. The number of halogens is 1. The molecule has 0 saturated heterocycles. The summed E-state index contributed by atoms with van der Waals surface area (Å²) in [6.45, 7) is 1.61. The van der Waals surface area contributed by atoms with Crippen LogP contribution in [0.25, 0.3) is 0 Å². The zero-order chi connectivity index (χ0) is 11.5. The number of nitrogens with one attached hydrogen (secondary N) is 1. The summed E-state index contributed by atoms with van der Waals surface area (Å²) in [6.07, 6.45) is 1.41. The van der Waals surface area contributed by atoms with Crippen LogP contribution in [0.1, 0.15) is 15.9 Å². The molecule has 0 spiro atoms. The van der Waals surface area contributed by atoms with Crippen LogP contribution in [0.15, 0.2) is 24.4 Å². The van der Waals surface area contributed by atoms with Crippen molar-refractivity contribution >= 4 is 22.4 Å². The van der Waals surface area contributed by atoms with Gasteiger partial charge in [-0.3, -0.25) is 4.79 Å². The van der Waals surface area contributed by atoms with Crippen molar-refractivity contribution in [3.05, 3.63) is 41.3 Å². The minimum atomic E-state index is -0.502. The first-order valence-corrected chi connectivity index (χ1v) is 5.29. The van der Waals surface area contributed by atoms with E-state index in [1.807, 2.05) is 0 Å². The standard InChI is InChI=1S/C10H8FN3OS/c1-6-3-2-4-7(9(6)11)10(15)13-8-5-12-14-16-8/h2-5H,1H3,(H,13,15). The van der Waals surface area contributed by atoms with Gasteiger partial charge in [-0.2, -0.15) is 0 Å². The molecule has 0 unspecified atom stereocenters. The lowest BCUT2D eigenvalue weighted by Crippen LogP contribution is -2.13. The molecule has 1 heterocycles. The molecule has 16 heavy (non-hydrogen) atoms. The maximum absolute atomic E-state index is 13.6. The Balaban J connectivity index is 2.24. The lowest BCUT2D eigenvalue weighted by molar-refractivity contribution is 0.102. The Morgan fingerprint density at radius 2 is 2.31 bits per heavy atom. The maximum Gasteiger partial charge on any atom is 0.259 e. The third-order valence-corrected chi connectivity index (χ3v) is 2.61. The topological polar surface area (TPSA) is 54.9 Å². The fourth-order valence-corrected chi connectivity index (χ4v) is 1.64. The molecule has 0 radical (unpaired) electrons. The van der Waals surface area contributed by atoms with E-state index < -0.39 is 11.7 Å². The first kappa shape index (κ1) is 10.7. The highest BCUT2D eigenvalue weighted by Crippen LogP contribution is 2.15. The van der Waals surface area contributed by atoms with Gasteiger partial charge in [-0.05, 0) is 18.6 Å². The van der Waals surface area contributed by atoms with Crippen molar-refractivity contribution in [2.75, 3.05) is 5.32 Å². The number of carbonyl (C=O) groups excluding carboxylic acids is 1. The molecule has 2 aromatic rings. The molecule has 1 N–H and O–H groups in total. The lowest BCUT2D eigenvalue weighted by atomic mass is 10.1. The van der Waals surface area contributed by atoms with Crippen molar-refractivity contribution in [2.45, 2.75) is 6.92 Å². The Kier molecular flexibility index (Phi) is 2.91. The van der Waals surface area contributed by atoms with E-state index in [9.17, 15) is 9.18 Å². The number of rotatable bonds is 2. The van der Waals surface area contributed by atoms with E-state index in [-0.39, 0.29) is 5.56 Å². The SMILES string of the molecule is Cc1cccc(C(=O)Nc2cnns2)c1F. The second-order valence-electron chi connectivity index (χ2n) is 3.17. The zero-order valence-corrected chi connectivity index (χ0v) is 9.21. The number of nitrogens with zero attached hydrogens (tertiary/aromatic N) is 2. The summed E-state index contributed by atoms with van der Waals surface area (Å²) in [5.41, 5.74) is 0.462. The molecular formula is C10H8FN3OS. The highest BCUT2D eigenvalue weighted by atomic mass is 32.1. The summed E-state index contributed by atoms with van der Waals surface area (Å²) in [6, 6.07) is 4.69. The Morgan fingerprint density at radius 1 is 1.50 bits per heavy atom. The van der Waals surface area contributed by atoms with Crippen LogP contribution >= 0.6 is 11.5 Å². The molecule has 0 aliphatic carbocycles. The van der Waals surface area contributed by atoms with Gasteiger partial charge in [0.1, 0.15) is 10.8 Å². The molecule has 0 atom stereocenters. The molecule has 6 heteroatoms. The third kappa shape index (κ3) is 2.06. The van der Waals surface area contributed by atoms with Crippen LogP contribution in [0.4, 0.5) is 9.39 Å². The van der Waals surface area contributed by atoms with Gasteiger partial charge in [0.2, 0.25) is 0 Å². The molecule has 0 aliphatic heterocycles. The number of carbonyl (C=O) groups is 1. The van der Waals surface area contributed by atoms with E-state index >= 15 is 0 Å². The predicted molar refractivity (Wildman–Crippen MR) is 59.0 cm³/mol. The molecule has 0 fully saturated rings. The minimum Gasteiger partial charge on any atom is -0.311 e. The first-order chi connectivity index (χ1) is 7.68. The molecule has 0 saturated carbocycles. The Labute approximate surface area is 95.3 Å². The number of aryl methyl sites for hydroxylation is 1. The minimum absolute atomic E-state index is 0.0217. The number of hydrogen-bond donors (Lipinski definition) is 1. The Hall–Kier alpha value is -1.82. The average Bonchev–Trinajstić information content (AvgIpc) is 2.74. The van der Waals surface area contributed by atoms with Crippen molar-refractivity contribution in [1.82, 2.24) is 9.59 Å². The lowest BCUT2D eigenvalue weighted by Gasteiger charge is -2.04. The summed E-state index contributed by atoms with van der Waals surface area (Å²) in [4.78, 5) is 11.7. The van der Waals surface area contributed by atoms with Gasteiger partial charge in [-0.25, -0.2) is 4.39 Å². The van der Waals surface area contributed by atoms with Crippen LogP contribution in [-0.4, -0.2) is 15.5 Å². The van der Waals surface area contributed by atoms with Gasteiger partial charge in [-0.1, -0.05) is 16.6 Å². The fourth-order valence-electron chi connectivity index (χ4n) is 1.22. The van der Waals surface area contributed by atoms with E-state index in [0.717, 1.165) is 11.5 Å². The molecule has 1 amide bonds. The van der Waals surface area contributed by atoms with E-state index in [2.05, 4.69) is 14.9 Å². The second-order valence-corrected chi connectivity index (χ2v) is 3.96. The monoisotopic (exact) mass is 237 g/mol. The second kappa shape index (κ2) is 4.36. The largest absolute Gasteiger partial charge is 0.311 e. The van der Waals surface area contributed by atoms with E-state index in [4.69, 9.17) is 0 Å². The molecular weight excluding hydrogens is 229 g/mol. The molecule has 0 aliphatic rings. The van der Waals surface area contributed by atoms with Gasteiger partial charge in [0.05, 0.1) is 11.8 Å². The molecule has 0 bridgehead atoms. The van der Waals surface area contributed by atoms with Crippen LogP contribution < -0.4 is 5.32 Å². The summed E-state index contributed by atoms with van der Waals surface area (Å²) in [7, 11) is 0. The maximum atomic E-state index is 13.6. The average molecular weight is 237 g/mol. The van der Waals surface area contributed by atoms with Crippen LogP contribution in [0.3, 0.4) is 0 Å². The predicted octanol–water partition coefficient (Wildman–Crippen LogP) is 2.24. The number of hydrogen-bond acceptors (Lipinski definition) is 4. The van der Waals surface area contributed by atoms with E-state index in [1.54, 1.807) is 19.1 Å². The van der Waals surface area contributed by atoms with Crippen LogP contribution in [0.2, 0.25) is 0 Å². The molecule has 4 nitrogen and oxygen atoms in total. The van der Waals surface area contributed by atoms with E-state index in [0.29, 0.717) is 10.6 Å². The van der Waals surface area contributed by atoms with Crippen molar-refractivity contribution in [3.63, 3.8) is 0 Å². The third-order valence-electron chi connectivity index (χ3n) is 2.03. The fraction of sp³-hybridized carbons (Fsp3) is 0.100. The first-order valence-electron chi connectivity index (χ1n) is 4.52. The van der Waals surface area contributed by atoms with Crippen LogP contribution in [-0.2, 0) is 0 Å². The number of amides is 1. The van der Waals surface area contributed by atoms with Gasteiger partial charge in [0.25, 0.3) is 5.91 Å². The molecule has 82 valence electrons. The van der Waals surface area contributed by atoms with Gasteiger partial charge in [0.15, 0.2) is 0 Å².